The van der Waals surface area contributed by atoms with Crippen molar-refractivity contribution in [2.45, 2.75) is 25.4 Å². The SMILES string of the molecule is O=c1c2c(ncn2Cc2ccccc2F)n(-c2ccc(F)cc2)c(=O)n1C1CC1. The molecule has 6 nitrogen and oxygen atoms in total. The maximum Gasteiger partial charge on any atom is 0.337 e. The molecule has 0 spiro atoms. The highest BCUT2D eigenvalue weighted by molar-refractivity contribution is 5.72. The van der Waals surface area contributed by atoms with Gasteiger partial charge in [0.25, 0.3) is 5.56 Å². The van der Waals surface area contributed by atoms with Gasteiger partial charge in [0.15, 0.2) is 11.2 Å². The molecule has 1 aliphatic carbocycles. The molecule has 1 saturated carbocycles. The van der Waals surface area contributed by atoms with E-state index in [2.05, 4.69) is 4.98 Å². The minimum absolute atomic E-state index is 0.102. The summed E-state index contributed by atoms with van der Waals surface area (Å²) in [6.07, 6.45) is 2.91. The van der Waals surface area contributed by atoms with E-state index >= 15 is 0 Å². The molecule has 5 rings (SSSR count). The summed E-state index contributed by atoms with van der Waals surface area (Å²) in [5, 5.41) is 0. The lowest BCUT2D eigenvalue weighted by atomic mass is 10.2. The smallest absolute Gasteiger partial charge is 0.320 e. The molecule has 0 radical (unpaired) electrons. The first-order chi connectivity index (χ1) is 14.0. The van der Waals surface area contributed by atoms with Gasteiger partial charge in [-0.3, -0.25) is 9.36 Å². The van der Waals surface area contributed by atoms with Crippen molar-refractivity contribution in [3.63, 3.8) is 0 Å². The molecular weight excluding hydrogens is 378 g/mol. The van der Waals surface area contributed by atoms with Crippen LogP contribution in [0.15, 0.2) is 64.4 Å². The van der Waals surface area contributed by atoms with E-state index in [9.17, 15) is 18.4 Å². The molecule has 2 aromatic heterocycles. The van der Waals surface area contributed by atoms with Crippen molar-refractivity contribution in [2.24, 2.45) is 0 Å². The van der Waals surface area contributed by atoms with Gasteiger partial charge in [0, 0.05) is 11.6 Å². The van der Waals surface area contributed by atoms with Gasteiger partial charge in [-0.1, -0.05) is 18.2 Å². The van der Waals surface area contributed by atoms with Crippen molar-refractivity contribution >= 4 is 11.2 Å². The van der Waals surface area contributed by atoms with E-state index in [0.717, 1.165) is 12.8 Å². The molecule has 8 heteroatoms. The Morgan fingerprint density at radius 1 is 1.00 bits per heavy atom. The van der Waals surface area contributed by atoms with Crippen LogP contribution >= 0.6 is 0 Å². The van der Waals surface area contributed by atoms with Gasteiger partial charge in [-0.05, 0) is 43.2 Å². The quantitative estimate of drug-likeness (QED) is 0.535. The Labute approximate surface area is 163 Å². The maximum atomic E-state index is 14.1. The first-order valence-electron chi connectivity index (χ1n) is 9.26. The lowest BCUT2D eigenvalue weighted by Gasteiger charge is -2.12. The average molecular weight is 394 g/mol. The van der Waals surface area contributed by atoms with Crippen LogP contribution in [0.3, 0.4) is 0 Å². The van der Waals surface area contributed by atoms with Crippen LogP contribution in [0.25, 0.3) is 16.9 Å². The fourth-order valence-corrected chi connectivity index (χ4v) is 3.56. The van der Waals surface area contributed by atoms with Gasteiger partial charge in [0.05, 0.1) is 18.6 Å². The third kappa shape index (κ3) is 2.88. The Balaban J connectivity index is 1.78. The lowest BCUT2D eigenvalue weighted by Crippen LogP contribution is -2.39. The van der Waals surface area contributed by atoms with E-state index < -0.39 is 17.1 Å². The number of halogens is 2. The van der Waals surface area contributed by atoms with E-state index in [4.69, 9.17) is 0 Å². The van der Waals surface area contributed by atoms with E-state index in [1.54, 1.807) is 22.8 Å². The fraction of sp³-hybridized carbons (Fsp3) is 0.190. The number of nitrogens with zero attached hydrogens (tertiary/aromatic N) is 4. The number of hydrogen-bond donors (Lipinski definition) is 0. The van der Waals surface area contributed by atoms with Gasteiger partial charge in [-0.2, -0.15) is 0 Å². The zero-order chi connectivity index (χ0) is 20.1. The van der Waals surface area contributed by atoms with E-state index in [1.807, 2.05) is 0 Å². The molecule has 2 heterocycles. The summed E-state index contributed by atoms with van der Waals surface area (Å²) in [4.78, 5) is 30.6. The molecule has 0 unspecified atom stereocenters. The van der Waals surface area contributed by atoms with E-state index in [0.29, 0.717) is 11.3 Å². The predicted molar refractivity (Wildman–Crippen MR) is 103 cm³/mol. The topological polar surface area (TPSA) is 61.8 Å². The van der Waals surface area contributed by atoms with Gasteiger partial charge in [-0.25, -0.2) is 23.1 Å². The van der Waals surface area contributed by atoms with Crippen LogP contribution in [0, 0.1) is 11.6 Å². The van der Waals surface area contributed by atoms with Gasteiger partial charge in [-0.15, -0.1) is 0 Å². The van der Waals surface area contributed by atoms with Crippen LogP contribution in [0.5, 0.6) is 0 Å². The van der Waals surface area contributed by atoms with Crippen molar-refractivity contribution in [2.75, 3.05) is 0 Å². The normalized spacial score (nSPS) is 13.9. The van der Waals surface area contributed by atoms with E-state index in [-0.39, 0.29) is 29.6 Å². The Morgan fingerprint density at radius 3 is 2.41 bits per heavy atom. The number of aromatic nitrogens is 4. The molecule has 0 aliphatic heterocycles. The molecule has 0 amide bonds. The van der Waals surface area contributed by atoms with Crippen LogP contribution in [-0.2, 0) is 6.54 Å². The standard InChI is InChI=1S/C21H16F2N4O2/c22-14-5-7-15(8-6-14)26-19-18(20(28)27(21(26)29)16-9-10-16)25(12-24-19)11-13-3-1-2-4-17(13)23/h1-8,12,16H,9-11H2. The van der Waals surface area contributed by atoms with Gasteiger partial charge >= 0.3 is 5.69 Å². The van der Waals surface area contributed by atoms with Crippen molar-refractivity contribution in [1.82, 2.24) is 18.7 Å². The Morgan fingerprint density at radius 2 is 1.72 bits per heavy atom. The second kappa shape index (κ2) is 6.51. The second-order valence-corrected chi connectivity index (χ2v) is 7.14. The summed E-state index contributed by atoms with van der Waals surface area (Å²) < 4.78 is 31.6. The van der Waals surface area contributed by atoms with Crippen molar-refractivity contribution in [1.29, 1.82) is 0 Å². The second-order valence-electron chi connectivity index (χ2n) is 7.14. The summed E-state index contributed by atoms with van der Waals surface area (Å²) in [7, 11) is 0. The third-order valence-corrected chi connectivity index (χ3v) is 5.14. The number of fused-ring (bicyclic) bond motifs is 1. The largest absolute Gasteiger partial charge is 0.337 e. The Bertz CT molecular complexity index is 1350. The first kappa shape index (κ1) is 17.5. The van der Waals surface area contributed by atoms with Crippen molar-refractivity contribution in [3.05, 3.63) is 92.9 Å². The predicted octanol–water partition coefficient (Wildman–Crippen LogP) is 3.01. The lowest BCUT2D eigenvalue weighted by molar-refractivity contribution is 0.599. The summed E-state index contributed by atoms with van der Waals surface area (Å²) >= 11 is 0. The van der Waals surface area contributed by atoms with Crippen molar-refractivity contribution in [3.8, 4) is 5.69 Å². The molecule has 2 aromatic carbocycles. The summed E-state index contributed by atoms with van der Waals surface area (Å²) in [5.74, 6) is -0.817. The number of benzene rings is 2. The van der Waals surface area contributed by atoms with Gasteiger partial charge < -0.3 is 4.57 Å². The molecule has 1 aliphatic rings. The fourth-order valence-electron chi connectivity index (χ4n) is 3.56. The van der Waals surface area contributed by atoms with Crippen LogP contribution in [-0.4, -0.2) is 18.7 Å². The highest BCUT2D eigenvalue weighted by atomic mass is 19.1. The Kier molecular flexibility index (Phi) is 3.94. The molecule has 0 atom stereocenters. The van der Waals surface area contributed by atoms with Crippen LogP contribution < -0.4 is 11.2 Å². The van der Waals surface area contributed by atoms with E-state index in [1.165, 1.54) is 45.8 Å². The van der Waals surface area contributed by atoms with Crippen LogP contribution in [0.1, 0.15) is 24.4 Å². The van der Waals surface area contributed by atoms with Crippen molar-refractivity contribution < 1.29 is 8.78 Å². The van der Waals surface area contributed by atoms with Gasteiger partial charge in [0.2, 0.25) is 0 Å². The molecule has 29 heavy (non-hydrogen) atoms. The van der Waals surface area contributed by atoms with Crippen LogP contribution in [0.2, 0.25) is 0 Å². The maximum absolute atomic E-state index is 14.1. The summed E-state index contributed by atoms with van der Waals surface area (Å²) in [6.45, 7) is 0.102. The molecule has 0 saturated heterocycles. The first-order valence-corrected chi connectivity index (χ1v) is 9.26. The molecular formula is C21H16F2N4O2. The molecule has 0 bridgehead atoms. The third-order valence-electron chi connectivity index (χ3n) is 5.14. The monoisotopic (exact) mass is 394 g/mol. The zero-order valence-electron chi connectivity index (χ0n) is 15.3. The highest BCUT2D eigenvalue weighted by Crippen LogP contribution is 2.32. The summed E-state index contributed by atoms with van der Waals surface area (Å²) in [5.41, 5.74) is 0.243. The summed E-state index contributed by atoms with van der Waals surface area (Å²) in [6, 6.07) is 11.6. The minimum Gasteiger partial charge on any atom is -0.320 e. The molecule has 1 fully saturated rings. The average Bonchev–Trinajstić information content (AvgIpc) is 3.45. The molecule has 4 aromatic rings. The van der Waals surface area contributed by atoms with Crippen LogP contribution in [0.4, 0.5) is 8.78 Å². The Hall–Kier alpha value is -3.55. The van der Waals surface area contributed by atoms with Gasteiger partial charge in [0.1, 0.15) is 11.6 Å². The molecule has 0 N–H and O–H groups in total. The number of rotatable bonds is 4. The minimum atomic E-state index is -0.507. The zero-order valence-corrected chi connectivity index (χ0v) is 15.3. The highest BCUT2D eigenvalue weighted by Gasteiger charge is 2.30. The molecule has 146 valence electrons. The number of hydrogen-bond acceptors (Lipinski definition) is 3. The number of imidazole rings is 1.